The van der Waals surface area contributed by atoms with Gasteiger partial charge in [-0.25, -0.2) is 4.79 Å². The van der Waals surface area contributed by atoms with Crippen molar-refractivity contribution in [3.05, 3.63) is 94.4 Å². The summed E-state index contributed by atoms with van der Waals surface area (Å²) in [4.78, 5) is 20.2. The van der Waals surface area contributed by atoms with Gasteiger partial charge in [0.15, 0.2) is 5.60 Å². The predicted octanol–water partition coefficient (Wildman–Crippen LogP) is 6.76. The molecule has 0 N–H and O–H groups in total. The van der Waals surface area contributed by atoms with E-state index in [9.17, 15) is 4.79 Å². The number of hydrogen-bond acceptors (Lipinski definition) is 4. The number of rotatable bonds is 8. The van der Waals surface area contributed by atoms with Gasteiger partial charge in [0.25, 0.3) is 0 Å². The zero-order chi connectivity index (χ0) is 25.4. The van der Waals surface area contributed by atoms with Crippen LogP contribution >= 0.6 is 0 Å². The average molecular weight is 482 g/mol. The monoisotopic (exact) mass is 481 g/mol. The molecule has 186 valence electrons. The van der Waals surface area contributed by atoms with Crippen LogP contribution in [0.2, 0.25) is 0 Å². The van der Waals surface area contributed by atoms with Crippen LogP contribution in [0.5, 0.6) is 0 Å². The highest BCUT2D eigenvalue weighted by Crippen LogP contribution is 2.51. The molecule has 1 aliphatic rings. The number of cyclic esters (lactones) is 1. The minimum absolute atomic E-state index is 0.301. The lowest BCUT2D eigenvalue weighted by atomic mass is 9.77. The van der Waals surface area contributed by atoms with E-state index in [2.05, 4.69) is 91.5 Å². The van der Waals surface area contributed by atoms with E-state index in [0.29, 0.717) is 5.56 Å². The number of aromatic nitrogens is 2. The summed E-state index contributed by atoms with van der Waals surface area (Å²) >= 11 is 0. The molecule has 2 aromatic heterocycles. The van der Waals surface area contributed by atoms with Crippen LogP contribution in [0.25, 0.3) is 10.9 Å². The van der Waals surface area contributed by atoms with Crippen LogP contribution in [0.3, 0.4) is 0 Å². The second-order valence-corrected chi connectivity index (χ2v) is 9.65. The molecule has 0 saturated carbocycles. The van der Waals surface area contributed by atoms with Crippen LogP contribution in [0, 0.1) is 13.8 Å². The molecule has 0 radical (unpaired) electrons. The molecule has 0 bridgehead atoms. The zero-order valence-corrected chi connectivity index (χ0v) is 22.0. The van der Waals surface area contributed by atoms with Crippen LogP contribution in [0.15, 0.2) is 60.9 Å². The number of aryl methyl sites for hydroxylation is 2. The van der Waals surface area contributed by atoms with E-state index >= 15 is 0 Å². The van der Waals surface area contributed by atoms with E-state index in [1.165, 1.54) is 11.2 Å². The van der Waals surface area contributed by atoms with Gasteiger partial charge >= 0.3 is 5.97 Å². The quantitative estimate of drug-likeness (QED) is 0.261. The molecule has 4 aromatic rings. The lowest BCUT2D eigenvalue weighted by Crippen LogP contribution is -2.32. The van der Waals surface area contributed by atoms with Gasteiger partial charge in [-0.2, -0.15) is 0 Å². The molecule has 0 spiro atoms. The van der Waals surface area contributed by atoms with Gasteiger partial charge in [-0.15, -0.1) is 0 Å². The van der Waals surface area contributed by atoms with E-state index in [1.807, 2.05) is 6.20 Å². The summed E-state index contributed by atoms with van der Waals surface area (Å²) in [6, 6.07) is 16.8. The average Bonchev–Trinajstić information content (AvgIpc) is 3.34. The smallest absolute Gasteiger partial charge is 0.340 e. The Kier molecular flexibility index (Phi) is 6.33. The third-order valence-corrected chi connectivity index (χ3v) is 7.70. The molecular weight excluding hydrogens is 446 g/mol. The molecule has 0 aliphatic carbocycles. The van der Waals surface area contributed by atoms with E-state index < -0.39 is 5.60 Å². The minimum atomic E-state index is -1.06. The maximum Gasteiger partial charge on any atom is 0.340 e. The summed E-state index contributed by atoms with van der Waals surface area (Å²) in [5.74, 6) is -0.301. The normalized spacial score (nSPS) is 16.9. The molecule has 1 aliphatic heterocycles. The number of carbonyl (C=O) groups excluding carboxylic acids is 1. The Hall–Kier alpha value is -3.60. The SMILES string of the molecule is CCCCn1c(C)c(C2(c3ccc(N(CC)CC)cc3C)OC(=O)c3ccncc32)c2ccccc21. The Morgan fingerprint density at radius 2 is 1.78 bits per heavy atom. The molecule has 0 saturated heterocycles. The van der Waals surface area contributed by atoms with Crippen molar-refractivity contribution < 1.29 is 9.53 Å². The Labute approximate surface area is 213 Å². The number of anilines is 1. The molecule has 5 rings (SSSR count). The fourth-order valence-corrected chi connectivity index (χ4v) is 5.93. The van der Waals surface area contributed by atoms with Gasteiger partial charge in [0.05, 0.1) is 5.56 Å². The Morgan fingerprint density at radius 1 is 1.00 bits per heavy atom. The van der Waals surface area contributed by atoms with E-state index in [1.54, 1.807) is 12.3 Å². The highest BCUT2D eigenvalue weighted by molar-refractivity contribution is 5.98. The topological polar surface area (TPSA) is 47.4 Å². The second kappa shape index (κ2) is 9.45. The largest absolute Gasteiger partial charge is 0.440 e. The minimum Gasteiger partial charge on any atom is -0.440 e. The number of carbonyl (C=O) groups is 1. The van der Waals surface area contributed by atoms with Gasteiger partial charge in [-0.3, -0.25) is 4.98 Å². The Balaban J connectivity index is 1.85. The van der Waals surface area contributed by atoms with E-state index in [4.69, 9.17) is 4.74 Å². The van der Waals surface area contributed by atoms with Crippen molar-refractivity contribution in [3.8, 4) is 0 Å². The highest BCUT2D eigenvalue weighted by atomic mass is 16.6. The third-order valence-electron chi connectivity index (χ3n) is 7.70. The number of nitrogens with zero attached hydrogens (tertiary/aromatic N) is 3. The molecule has 0 amide bonds. The fraction of sp³-hybridized carbons (Fsp3) is 0.355. The first-order chi connectivity index (χ1) is 17.5. The molecule has 5 nitrogen and oxygen atoms in total. The van der Waals surface area contributed by atoms with Crippen molar-refractivity contribution in [1.82, 2.24) is 9.55 Å². The lowest BCUT2D eigenvalue weighted by molar-refractivity contribution is 0.0251. The Morgan fingerprint density at radius 3 is 2.50 bits per heavy atom. The maximum absolute atomic E-state index is 13.4. The van der Waals surface area contributed by atoms with Crippen LogP contribution in [-0.4, -0.2) is 28.6 Å². The summed E-state index contributed by atoms with van der Waals surface area (Å²) in [5.41, 5.74) is 6.92. The second-order valence-electron chi connectivity index (χ2n) is 9.65. The van der Waals surface area contributed by atoms with Crippen LogP contribution < -0.4 is 4.90 Å². The highest BCUT2D eigenvalue weighted by Gasteiger charge is 2.52. The Bertz CT molecular complexity index is 1430. The van der Waals surface area contributed by atoms with Gasteiger partial charge in [-0.05, 0) is 63.9 Å². The number of unbranched alkanes of at least 4 members (excludes halogenated alkanes) is 1. The summed E-state index contributed by atoms with van der Waals surface area (Å²) in [5, 5.41) is 1.11. The van der Waals surface area contributed by atoms with Crippen molar-refractivity contribution in [2.75, 3.05) is 18.0 Å². The molecule has 2 aromatic carbocycles. The van der Waals surface area contributed by atoms with Gasteiger partial charge in [0, 0.05) is 71.0 Å². The van der Waals surface area contributed by atoms with E-state index in [-0.39, 0.29) is 5.97 Å². The van der Waals surface area contributed by atoms with E-state index in [0.717, 1.165) is 65.8 Å². The third kappa shape index (κ3) is 3.52. The first kappa shape index (κ1) is 24.1. The standard InChI is InChI=1S/C31H35N3O2/c1-6-9-18-34-22(5)29(25-12-10-11-13-28(25)34)31(27-20-32-17-16-24(27)30(35)36-31)26-15-14-23(19-21(26)4)33(7-2)8-3/h10-17,19-20H,6-9,18H2,1-5H3. The van der Waals surface area contributed by atoms with Gasteiger partial charge in [-0.1, -0.05) is 37.6 Å². The molecule has 5 heteroatoms. The number of para-hydroxylation sites is 1. The zero-order valence-electron chi connectivity index (χ0n) is 22.0. The summed E-state index contributed by atoms with van der Waals surface area (Å²) in [6.45, 7) is 13.6. The number of fused-ring (bicyclic) bond motifs is 2. The molecule has 36 heavy (non-hydrogen) atoms. The predicted molar refractivity (Wildman–Crippen MR) is 146 cm³/mol. The lowest BCUT2D eigenvalue weighted by Gasteiger charge is -2.33. The molecule has 3 heterocycles. The summed E-state index contributed by atoms with van der Waals surface area (Å²) in [6.07, 6.45) is 5.68. The van der Waals surface area contributed by atoms with Crippen LogP contribution in [-0.2, 0) is 16.9 Å². The molecule has 0 fully saturated rings. The number of hydrogen-bond donors (Lipinski definition) is 0. The van der Waals surface area contributed by atoms with Gasteiger partial charge in [0.2, 0.25) is 0 Å². The summed E-state index contributed by atoms with van der Waals surface area (Å²) in [7, 11) is 0. The van der Waals surface area contributed by atoms with Crippen LogP contribution in [0.1, 0.15) is 71.9 Å². The fourth-order valence-electron chi connectivity index (χ4n) is 5.93. The molecule has 1 atom stereocenters. The van der Waals surface area contributed by atoms with Gasteiger partial charge < -0.3 is 14.2 Å². The van der Waals surface area contributed by atoms with Gasteiger partial charge in [0.1, 0.15) is 0 Å². The number of esters is 1. The molecule has 1 unspecified atom stereocenters. The maximum atomic E-state index is 13.4. The van der Waals surface area contributed by atoms with Crippen molar-refractivity contribution >= 4 is 22.6 Å². The van der Waals surface area contributed by atoms with Crippen molar-refractivity contribution in [2.45, 2.75) is 59.6 Å². The number of benzene rings is 2. The van der Waals surface area contributed by atoms with Crippen molar-refractivity contribution in [1.29, 1.82) is 0 Å². The van der Waals surface area contributed by atoms with Crippen LogP contribution in [0.4, 0.5) is 5.69 Å². The van der Waals surface area contributed by atoms with Crippen molar-refractivity contribution in [2.24, 2.45) is 0 Å². The number of pyridine rings is 1. The summed E-state index contributed by atoms with van der Waals surface area (Å²) < 4.78 is 8.91. The molecular formula is C31H35N3O2. The first-order valence-corrected chi connectivity index (χ1v) is 13.1. The first-order valence-electron chi connectivity index (χ1n) is 13.1. The van der Waals surface area contributed by atoms with Crippen molar-refractivity contribution in [3.63, 3.8) is 0 Å². The number of ether oxygens (including phenoxy) is 1.